The van der Waals surface area contributed by atoms with Crippen molar-refractivity contribution in [2.24, 2.45) is 0 Å². The Morgan fingerprint density at radius 3 is 2.46 bits per heavy atom. The smallest absolute Gasteiger partial charge is 0.242 e. The topological polar surface area (TPSA) is 57.7 Å². The van der Waals surface area contributed by atoms with Crippen LogP contribution in [-0.2, 0) is 14.6 Å². The lowest BCUT2D eigenvalue weighted by Crippen LogP contribution is -2.46. The number of amides is 1. The van der Waals surface area contributed by atoms with Crippen molar-refractivity contribution in [2.75, 3.05) is 36.0 Å². The molecule has 24 heavy (non-hydrogen) atoms. The molecular formula is C18H28N2O3S. The van der Waals surface area contributed by atoms with Crippen molar-refractivity contribution < 1.29 is 13.2 Å². The lowest BCUT2D eigenvalue weighted by Gasteiger charge is -2.31. The molecule has 0 spiro atoms. The molecule has 0 N–H and O–H groups in total. The Hall–Kier alpha value is -1.56. The Labute approximate surface area is 145 Å². The Morgan fingerprint density at radius 1 is 1.21 bits per heavy atom. The summed E-state index contributed by atoms with van der Waals surface area (Å²) in [6.45, 7) is 5.77. The molecule has 1 unspecified atom stereocenters. The third-order valence-corrected chi connectivity index (χ3v) is 6.30. The van der Waals surface area contributed by atoms with Crippen LogP contribution in [0, 0.1) is 0 Å². The summed E-state index contributed by atoms with van der Waals surface area (Å²) < 4.78 is 23.6. The number of likely N-dealkylation sites (N-methyl/N-ethyl adjacent to an activating group) is 1. The van der Waals surface area contributed by atoms with Gasteiger partial charge in [0, 0.05) is 24.8 Å². The average Bonchev–Trinajstić information content (AvgIpc) is 2.93. The molecule has 1 saturated heterocycles. The molecule has 1 aromatic carbocycles. The molecule has 5 nitrogen and oxygen atoms in total. The van der Waals surface area contributed by atoms with Gasteiger partial charge in [0.1, 0.15) is 0 Å². The first-order chi connectivity index (χ1) is 11.5. The third-order valence-electron chi connectivity index (χ3n) is 4.55. The van der Waals surface area contributed by atoms with E-state index in [1.807, 2.05) is 42.2 Å². The summed E-state index contributed by atoms with van der Waals surface area (Å²) in [4.78, 5) is 16.7. The number of rotatable bonds is 8. The van der Waals surface area contributed by atoms with Gasteiger partial charge < -0.3 is 9.80 Å². The fraction of sp³-hybridized carbons (Fsp3) is 0.611. The van der Waals surface area contributed by atoms with Crippen molar-refractivity contribution >= 4 is 21.4 Å². The predicted octanol–water partition coefficient (Wildman–Crippen LogP) is 2.33. The molecule has 6 heteroatoms. The second-order valence-electron chi connectivity index (χ2n) is 6.35. The number of unbranched alkanes of at least 4 members (excludes halogenated alkanes) is 1. The molecule has 1 amide bonds. The first-order valence-electron chi connectivity index (χ1n) is 8.76. The van der Waals surface area contributed by atoms with E-state index in [0.29, 0.717) is 19.5 Å². The molecule has 1 atom stereocenters. The van der Waals surface area contributed by atoms with Gasteiger partial charge in [-0.2, -0.15) is 0 Å². The highest BCUT2D eigenvalue weighted by molar-refractivity contribution is 7.91. The van der Waals surface area contributed by atoms with Crippen LogP contribution < -0.4 is 4.90 Å². The number of para-hydroxylation sites is 1. The molecule has 1 fully saturated rings. The molecule has 134 valence electrons. The summed E-state index contributed by atoms with van der Waals surface area (Å²) in [5, 5.41) is 0. The maximum Gasteiger partial charge on any atom is 0.242 e. The Kier molecular flexibility index (Phi) is 6.66. The van der Waals surface area contributed by atoms with E-state index in [4.69, 9.17) is 0 Å². The van der Waals surface area contributed by atoms with Crippen LogP contribution >= 0.6 is 0 Å². The van der Waals surface area contributed by atoms with Crippen LogP contribution in [0.4, 0.5) is 5.69 Å². The number of hydrogen-bond donors (Lipinski definition) is 0. The fourth-order valence-electron chi connectivity index (χ4n) is 3.14. The van der Waals surface area contributed by atoms with E-state index in [2.05, 4.69) is 6.92 Å². The van der Waals surface area contributed by atoms with Crippen LogP contribution in [0.2, 0.25) is 0 Å². The molecule has 2 rings (SSSR count). The van der Waals surface area contributed by atoms with Crippen molar-refractivity contribution in [3.8, 4) is 0 Å². The molecule has 0 bridgehead atoms. The first-order valence-corrected chi connectivity index (χ1v) is 10.6. The number of hydrogen-bond acceptors (Lipinski definition) is 4. The summed E-state index contributed by atoms with van der Waals surface area (Å²) in [6, 6.07) is 9.70. The van der Waals surface area contributed by atoms with Crippen molar-refractivity contribution in [2.45, 2.75) is 39.2 Å². The van der Waals surface area contributed by atoms with Crippen molar-refractivity contribution in [3.63, 3.8) is 0 Å². The van der Waals surface area contributed by atoms with E-state index in [0.717, 1.165) is 25.1 Å². The van der Waals surface area contributed by atoms with E-state index >= 15 is 0 Å². The van der Waals surface area contributed by atoms with Crippen LogP contribution in [0.15, 0.2) is 30.3 Å². The third kappa shape index (κ3) is 4.97. The lowest BCUT2D eigenvalue weighted by atomic mass is 10.2. The summed E-state index contributed by atoms with van der Waals surface area (Å²) in [5.41, 5.74) is 1.02. The zero-order valence-corrected chi connectivity index (χ0v) is 15.5. The van der Waals surface area contributed by atoms with Crippen LogP contribution in [0.5, 0.6) is 0 Å². The van der Waals surface area contributed by atoms with Gasteiger partial charge in [-0.05, 0) is 31.9 Å². The fourth-order valence-corrected chi connectivity index (χ4v) is 4.87. The second kappa shape index (κ2) is 8.51. The summed E-state index contributed by atoms with van der Waals surface area (Å²) in [6.07, 6.45) is 2.45. The monoisotopic (exact) mass is 352 g/mol. The second-order valence-corrected chi connectivity index (χ2v) is 8.58. The minimum Gasteiger partial charge on any atom is -0.362 e. The number of sulfone groups is 1. The van der Waals surface area contributed by atoms with Gasteiger partial charge in [0.25, 0.3) is 0 Å². The predicted molar refractivity (Wildman–Crippen MR) is 98.0 cm³/mol. The summed E-state index contributed by atoms with van der Waals surface area (Å²) in [5.74, 6) is 0.334. The van der Waals surface area contributed by atoms with Crippen LogP contribution in [0.3, 0.4) is 0 Å². The highest BCUT2D eigenvalue weighted by atomic mass is 32.2. The van der Waals surface area contributed by atoms with Gasteiger partial charge in [-0.1, -0.05) is 31.5 Å². The molecule has 1 heterocycles. The van der Waals surface area contributed by atoms with Gasteiger partial charge in [0.2, 0.25) is 5.91 Å². The molecular weight excluding hydrogens is 324 g/mol. The zero-order valence-electron chi connectivity index (χ0n) is 14.6. The highest BCUT2D eigenvalue weighted by Crippen LogP contribution is 2.20. The number of nitrogens with zero attached hydrogens (tertiary/aromatic N) is 2. The minimum atomic E-state index is -2.99. The number of carbonyl (C=O) groups excluding carboxylic acids is 1. The van der Waals surface area contributed by atoms with Gasteiger partial charge >= 0.3 is 0 Å². The standard InChI is InChI=1S/C18H28N2O3S/c1-3-5-12-20(17-11-13-24(22,23)15-17)18(21)14-19(4-2)16-9-7-6-8-10-16/h6-10,17H,3-5,11-15H2,1-2H3. The summed E-state index contributed by atoms with van der Waals surface area (Å²) >= 11 is 0. The van der Waals surface area contributed by atoms with E-state index in [1.54, 1.807) is 4.90 Å². The van der Waals surface area contributed by atoms with Crippen LogP contribution in [0.25, 0.3) is 0 Å². The zero-order chi connectivity index (χ0) is 17.6. The normalized spacial score (nSPS) is 19.2. The average molecular weight is 353 g/mol. The quantitative estimate of drug-likeness (QED) is 0.720. The highest BCUT2D eigenvalue weighted by Gasteiger charge is 2.34. The van der Waals surface area contributed by atoms with E-state index in [9.17, 15) is 13.2 Å². The molecule has 0 aromatic heterocycles. The Morgan fingerprint density at radius 2 is 1.92 bits per heavy atom. The van der Waals surface area contributed by atoms with Gasteiger partial charge in [-0.15, -0.1) is 0 Å². The van der Waals surface area contributed by atoms with Gasteiger partial charge in [0.15, 0.2) is 9.84 Å². The van der Waals surface area contributed by atoms with E-state index < -0.39 is 9.84 Å². The molecule has 1 aliphatic rings. The molecule has 1 aliphatic heterocycles. The van der Waals surface area contributed by atoms with Gasteiger partial charge in [0.05, 0.1) is 18.1 Å². The largest absolute Gasteiger partial charge is 0.362 e. The minimum absolute atomic E-state index is 0.0243. The SMILES string of the molecule is CCCCN(C(=O)CN(CC)c1ccccc1)C1CCS(=O)(=O)C1. The molecule has 0 saturated carbocycles. The van der Waals surface area contributed by atoms with Crippen molar-refractivity contribution in [1.29, 1.82) is 0 Å². The number of benzene rings is 1. The van der Waals surface area contributed by atoms with E-state index in [-0.39, 0.29) is 23.5 Å². The molecule has 1 aromatic rings. The maximum atomic E-state index is 12.9. The van der Waals surface area contributed by atoms with Crippen LogP contribution in [0.1, 0.15) is 33.1 Å². The first kappa shape index (κ1) is 18.8. The van der Waals surface area contributed by atoms with Crippen molar-refractivity contribution in [3.05, 3.63) is 30.3 Å². The Bertz CT molecular complexity index is 631. The maximum absolute atomic E-state index is 12.9. The van der Waals surface area contributed by atoms with E-state index in [1.165, 1.54) is 0 Å². The molecule has 0 aliphatic carbocycles. The summed E-state index contributed by atoms with van der Waals surface area (Å²) in [7, 11) is -2.99. The van der Waals surface area contributed by atoms with Gasteiger partial charge in [-0.3, -0.25) is 4.79 Å². The van der Waals surface area contributed by atoms with Gasteiger partial charge in [-0.25, -0.2) is 8.42 Å². The Balaban J connectivity index is 2.09. The number of anilines is 1. The lowest BCUT2D eigenvalue weighted by molar-refractivity contribution is -0.131. The number of carbonyl (C=O) groups is 1. The van der Waals surface area contributed by atoms with Crippen molar-refractivity contribution in [1.82, 2.24) is 4.90 Å². The molecule has 0 radical (unpaired) electrons. The van der Waals surface area contributed by atoms with Crippen LogP contribution in [-0.4, -0.2) is 56.4 Å².